The molecule has 1 aliphatic heterocycles. The summed E-state index contributed by atoms with van der Waals surface area (Å²) >= 11 is 7.73. The maximum Gasteiger partial charge on any atom is 0.255 e. The molecule has 6 nitrogen and oxygen atoms in total. The van der Waals surface area contributed by atoms with Gasteiger partial charge < -0.3 is 10.6 Å². The Kier molecular flexibility index (Phi) is 7.04. The molecule has 5 rings (SSSR count). The number of rotatable bonds is 6. The lowest BCUT2D eigenvalue weighted by molar-refractivity contribution is -0.113. The van der Waals surface area contributed by atoms with E-state index in [1.54, 1.807) is 29.8 Å². The van der Waals surface area contributed by atoms with E-state index < -0.39 is 11.9 Å². The highest BCUT2D eigenvalue weighted by Crippen LogP contribution is 2.38. The molecule has 1 aliphatic rings. The lowest BCUT2D eigenvalue weighted by atomic mass is 9.94. The Morgan fingerprint density at radius 3 is 2.62 bits per heavy atom. The number of aryl methyl sites for hydroxylation is 2. The third-order valence-electron chi connectivity index (χ3n) is 6.22. The first kappa shape index (κ1) is 25.0. The minimum atomic E-state index is -0.801. The average molecular weight is 534 g/mol. The van der Waals surface area contributed by atoms with Crippen LogP contribution in [0.4, 0.5) is 16.0 Å². The molecule has 0 spiro atoms. The number of carbonyl (C=O) groups is 1. The summed E-state index contributed by atoms with van der Waals surface area (Å²) in [6.07, 6.45) is 0. The first-order valence-corrected chi connectivity index (χ1v) is 13.1. The van der Waals surface area contributed by atoms with Crippen LogP contribution in [0.25, 0.3) is 0 Å². The minimum Gasteiger partial charge on any atom is -0.328 e. The van der Waals surface area contributed by atoms with E-state index in [4.69, 9.17) is 11.6 Å². The highest BCUT2D eigenvalue weighted by molar-refractivity contribution is 7.98. The monoisotopic (exact) mass is 533 g/mol. The number of amides is 1. The van der Waals surface area contributed by atoms with E-state index in [0.29, 0.717) is 44.4 Å². The Labute approximate surface area is 224 Å². The smallest absolute Gasteiger partial charge is 0.255 e. The number of nitrogens with one attached hydrogen (secondary N) is 2. The van der Waals surface area contributed by atoms with Crippen molar-refractivity contribution in [2.75, 3.05) is 10.6 Å². The molecule has 0 saturated carbocycles. The zero-order chi connectivity index (χ0) is 26.1. The fourth-order valence-corrected chi connectivity index (χ4v) is 5.49. The lowest BCUT2D eigenvalue weighted by Crippen LogP contribution is -2.32. The second-order valence-corrected chi connectivity index (χ2v) is 10.3. The molecule has 37 heavy (non-hydrogen) atoms. The number of hydrogen-bond acceptors (Lipinski definition) is 5. The van der Waals surface area contributed by atoms with Crippen LogP contribution in [0.2, 0.25) is 5.02 Å². The van der Waals surface area contributed by atoms with E-state index in [-0.39, 0.29) is 5.91 Å². The molecule has 3 aromatic carbocycles. The summed E-state index contributed by atoms with van der Waals surface area (Å²) in [4.78, 5) is 18.3. The third kappa shape index (κ3) is 5.12. The van der Waals surface area contributed by atoms with E-state index in [2.05, 4.69) is 20.7 Å². The summed E-state index contributed by atoms with van der Waals surface area (Å²) in [6.45, 7) is 5.73. The third-order valence-corrected chi connectivity index (χ3v) is 7.48. The summed E-state index contributed by atoms with van der Waals surface area (Å²) < 4.78 is 16.7. The Balaban J connectivity index is 1.51. The van der Waals surface area contributed by atoms with E-state index >= 15 is 4.39 Å². The first-order chi connectivity index (χ1) is 17.8. The number of nitrogens with zero attached hydrogens (tertiary/aromatic N) is 3. The average Bonchev–Trinajstić information content (AvgIpc) is 3.27. The van der Waals surface area contributed by atoms with Gasteiger partial charge in [-0.25, -0.2) is 9.07 Å². The number of aromatic nitrogens is 3. The van der Waals surface area contributed by atoms with Crippen molar-refractivity contribution in [3.8, 4) is 0 Å². The number of hydrogen-bond donors (Lipinski definition) is 2. The molecule has 2 N–H and O–H groups in total. The molecule has 2 heterocycles. The molecule has 188 valence electrons. The Morgan fingerprint density at radius 2 is 1.86 bits per heavy atom. The van der Waals surface area contributed by atoms with Gasteiger partial charge >= 0.3 is 0 Å². The molecule has 1 unspecified atom stereocenters. The molecule has 0 saturated heterocycles. The molecule has 1 aromatic heterocycles. The van der Waals surface area contributed by atoms with Crippen LogP contribution in [0.15, 0.2) is 83.2 Å². The number of anilines is 2. The quantitative estimate of drug-likeness (QED) is 0.263. The van der Waals surface area contributed by atoms with Crippen LogP contribution in [0.1, 0.15) is 35.2 Å². The molecule has 1 atom stereocenters. The molecular weight excluding hydrogens is 509 g/mol. The van der Waals surface area contributed by atoms with Gasteiger partial charge in [0, 0.05) is 27.7 Å². The van der Waals surface area contributed by atoms with Gasteiger partial charge in [0.1, 0.15) is 11.9 Å². The zero-order valence-corrected chi connectivity index (χ0v) is 22.1. The lowest BCUT2D eigenvalue weighted by Gasteiger charge is -2.29. The van der Waals surface area contributed by atoms with Crippen molar-refractivity contribution < 1.29 is 9.18 Å². The SMILES string of the molecule is CC1=C(C(=O)Nc2ccc(C)cc2C)C(c2ccccc2F)n2nc(SCc3ccccc3Cl)nc2N1. The van der Waals surface area contributed by atoms with Crippen LogP contribution in [0.3, 0.4) is 0 Å². The van der Waals surface area contributed by atoms with Gasteiger partial charge in [-0.05, 0) is 50.1 Å². The largest absolute Gasteiger partial charge is 0.328 e. The number of benzene rings is 3. The Bertz CT molecular complexity index is 1530. The van der Waals surface area contributed by atoms with Crippen molar-refractivity contribution in [2.24, 2.45) is 0 Å². The molecule has 0 bridgehead atoms. The number of fused-ring (bicyclic) bond motifs is 1. The fraction of sp³-hybridized carbons (Fsp3) is 0.179. The van der Waals surface area contributed by atoms with Gasteiger partial charge in [-0.1, -0.05) is 77.5 Å². The number of allylic oxidation sites excluding steroid dienone is 1. The maximum absolute atomic E-state index is 15.1. The van der Waals surface area contributed by atoms with E-state index in [0.717, 1.165) is 16.7 Å². The second-order valence-electron chi connectivity index (χ2n) is 8.90. The highest BCUT2D eigenvalue weighted by atomic mass is 35.5. The van der Waals surface area contributed by atoms with E-state index in [1.165, 1.54) is 17.8 Å². The van der Waals surface area contributed by atoms with Gasteiger partial charge in [0.15, 0.2) is 0 Å². The molecule has 1 amide bonds. The summed E-state index contributed by atoms with van der Waals surface area (Å²) in [5, 5.41) is 12.0. The summed E-state index contributed by atoms with van der Waals surface area (Å²) in [5.74, 6) is 0.248. The minimum absolute atomic E-state index is 0.336. The topological polar surface area (TPSA) is 71.8 Å². The predicted molar refractivity (Wildman–Crippen MR) is 146 cm³/mol. The van der Waals surface area contributed by atoms with Gasteiger partial charge in [0.05, 0.1) is 5.57 Å². The van der Waals surface area contributed by atoms with Gasteiger partial charge in [0.2, 0.25) is 11.1 Å². The van der Waals surface area contributed by atoms with Crippen molar-refractivity contribution >= 4 is 40.9 Å². The van der Waals surface area contributed by atoms with Crippen LogP contribution in [-0.4, -0.2) is 20.7 Å². The zero-order valence-electron chi connectivity index (χ0n) is 20.5. The summed E-state index contributed by atoms with van der Waals surface area (Å²) in [6, 6.07) is 19.0. The number of thioether (sulfide) groups is 1. The molecule has 9 heteroatoms. The number of carbonyl (C=O) groups excluding carboxylic acids is 1. The molecule has 4 aromatic rings. The van der Waals surface area contributed by atoms with Crippen molar-refractivity contribution in [1.82, 2.24) is 14.8 Å². The van der Waals surface area contributed by atoms with Gasteiger partial charge in [-0.3, -0.25) is 4.79 Å². The van der Waals surface area contributed by atoms with Crippen LogP contribution >= 0.6 is 23.4 Å². The highest BCUT2D eigenvalue weighted by Gasteiger charge is 2.36. The normalized spacial score (nSPS) is 14.8. The van der Waals surface area contributed by atoms with Crippen molar-refractivity contribution in [3.63, 3.8) is 0 Å². The summed E-state index contributed by atoms with van der Waals surface area (Å²) in [5.41, 5.74) is 4.99. The van der Waals surface area contributed by atoms with Crippen LogP contribution in [0, 0.1) is 19.7 Å². The van der Waals surface area contributed by atoms with Crippen LogP contribution in [-0.2, 0) is 10.5 Å². The maximum atomic E-state index is 15.1. The molecule has 0 radical (unpaired) electrons. The molecule has 0 fully saturated rings. The molecular formula is C28H25ClFN5OS. The standard InChI is InChI=1S/C28H25ClFN5OS/c1-16-12-13-23(17(2)14-16)32-26(36)24-18(3)31-27-33-28(37-15-19-8-4-6-10-21(19)29)34-35(27)25(24)20-9-5-7-11-22(20)30/h4-14,25H,15H2,1-3H3,(H,32,36)(H,31,33,34). The van der Waals surface area contributed by atoms with Crippen molar-refractivity contribution in [3.05, 3.63) is 111 Å². The van der Waals surface area contributed by atoms with Gasteiger partial charge in [0.25, 0.3) is 5.91 Å². The van der Waals surface area contributed by atoms with Crippen molar-refractivity contribution in [2.45, 2.75) is 37.7 Å². The van der Waals surface area contributed by atoms with E-state index in [1.807, 2.05) is 56.3 Å². The fourth-order valence-electron chi connectivity index (χ4n) is 4.37. The summed E-state index contributed by atoms with van der Waals surface area (Å²) in [7, 11) is 0. The van der Waals surface area contributed by atoms with Gasteiger partial charge in [-0.15, -0.1) is 5.10 Å². The first-order valence-electron chi connectivity index (χ1n) is 11.8. The molecule has 0 aliphatic carbocycles. The Morgan fingerprint density at radius 1 is 1.11 bits per heavy atom. The van der Waals surface area contributed by atoms with Crippen LogP contribution in [0.5, 0.6) is 0 Å². The van der Waals surface area contributed by atoms with Gasteiger partial charge in [-0.2, -0.15) is 4.98 Å². The second kappa shape index (κ2) is 10.4. The number of halogens is 2. The van der Waals surface area contributed by atoms with Crippen molar-refractivity contribution in [1.29, 1.82) is 0 Å². The predicted octanol–water partition coefficient (Wildman–Crippen LogP) is 6.91. The Hall–Kier alpha value is -3.62. The van der Waals surface area contributed by atoms with E-state index in [9.17, 15) is 4.79 Å². The van der Waals surface area contributed by atoms with Crippen LogP contribution < -0.4 is 10.6 Å².